The lowest BCUT2D eigenvalue weighted by Crippen LogP contribution is -2.32. The van der Waals surface area contributed by atoms with E-state index in [9.17, 15) is 8.42 Å². The number of aromatic nitrogens is 2. The van der Waals surface area contributed by atoms with Gasteiger partial charge in [0.1, 0.15) is 4.90 Å². The Morgan fingerprint density at radius 2 is 1.85 bits per heavy atom. The molecule has 5 nitrogen and oxygen atoms in total. The zero-order valence-electron chi connectivity index (χ0n) is 12.3. The number of hydrogen-bond acceptors (Lipinski definition) is 3. The number of sulfonamides is 1. The summed E-state index contributed by atoms with van der Waals surface area (Å²) in [6, 6.07) is 0. The molecule has 0 N–H and O–H groups in total. The monoisotopic (exact) mass is 321 g/mol. The number of halogens is 1. The van der Waals surface area contributed by atoms with Crippen molar-refractivity contribution in [2.45, 2.75) is 51.0 Å². The van der Waals surface area contributed by atoms with Gasteiger partial charge in [0.05, 0.1) is 12.7 Å². The normalized spacial score (nSPS) is 12.2. The van der Waals surface area contributed by atoms with Crippen molar-refractivity contribution >= 4 is 21.6 Å². The van der Waals surface area contributed by atoms with Crippen molar-refractivity contribution in [2.24, 2.45) is 0 Å². The molecule has 1 rings (SSSR count). The van der Waals surface area contributed by atoms with Crippen molar-refractivity contribution in [3.63, 3.8) is 0 Å². The van der Waals surface area contributed by atoms with Gasteiger partial charge in [0.25, 0.3) is 0 Å². The molecule has 0 atom stereocenters. The van der Waals surface area contributed by atoms with Gasteiger partial charge in [0.2, 0.25) is 10.0 Å². The maximum atomic E-state index is 12.6. The van der Waals surface area contributed by atoms with Crippen LogP contribution in [0.3, 0.4) is 0 Å². The summed E-state index contributed by atoms with van der Waals surface area (Å²) < 4.78 is 28.3. The molecule has 1 heterocycles. The predicted octanol–water partition coefficient (Wildman–Crippen LogP) is 2.71. The Bertz CT molecular complexity index is 480. The molecule has 0 saturated heterocycles. The van der Waals surface area contributed by atoms with E-state index in [0.29, 0.717) is 25.5 Å². The Morgan fingerprint density at radius 1 is 1.25 bits per heavy atom. The number of unbranched alkanes of at least 4 members (excludes halogenated alkanes) is 2. The molecule has 1 aromatic rings. The van der Waals surface area contributed by atoms with Gasteiger partial charge in [-0.25, -0.2) is 8.42 Å². The summed E-state index contributed by atoms with van der Waals surface area (Å²) in [5.41, 5.74) is 0. The smallest absolute Gasteiger partial charge is 0.246 e. The number of rotatable bonds is 10. The minimum absolute atomic E-state index is 0.259. The molecule has 0 aliphatic carbocycles. The van der Waals surface area contributed by atoms with Crippen molar-refractivity contribution in [1.29, 1.82) is 0 Å². The molecular weight excluding hydrogens is 298 g/mol. The van der Waals surface area contributed by atoms with Crippen molar-refractivity contribution in [1.82, 2.24) is 14.1 Å². The van der Waals surface area contributed by atoms with Gasteiger partial charge in [-0.05, 0) is 12.8 Å². The summed E-state index contributed by atoms with van der Waals surface area (Å²) in [6.45, 7) is 5.77. The molecule has 0 aromatic carbocycles. The van der Waals surface area contributed by atoms with Crippen LogP contribution in [0.25, 0.3) is 0 Å². The fourth-order valence-electron chi connectivity index (χ4n) is 1.86. The minimum Gasteiger partial charge on any atom is -0.270 e. The minimum atomic E-state index is -3.44. The van der Waals surface area contributed by atoms with Crippen molar-refractivity contribution in [3.05, 3.63) is 12.4 Å². The fourth-order valence-corrected chi connectivity index (χ4v) is 3.50. The highest BCUT2D eigenvalue weighted by Crippen LogP contribution is 2.16. The van der Waals surface area contributed by atoms with Gasteiger partial charge in [-0.15, -0.1) is 11.6 Å². The van der Waals surface area contributed by atoms with E-state index in [4.69, 9.17) is 11.6 Å². The van der Waals surface area contributed by atoms with Gasteiger partial charge < -0.3 is 0 Å². The predicted molar refractivity (Wildman–Crippen MR) is 81.5 cm³/mol. The van der Waals surface area contributed by atoms with Crippen LogP contribution in [0.2, 0.25) is 0 Å². The van der Waals surface area contributed by atoms with Crippen molar-refractivity contribution in [3.8, 4) is 0 Å². The average Bonchev–Trinajstić information content (AvgIpc) is 2.88. The third kappa shape index (κ3) is 4.75. The average molecular weight is 322 g/mol. The van der Waals surface area contributed by atoms with Crippen molar-refractivity contribution in [2.75, 3.05) is 19.0 Å². The molecule has 0 bridgehead atoms. The summed E-state index contributed by atoms with van der Waals surface area (Å²) >= 11 is 5.64. The molecule has 0 spiro atoms. The first kappa shape index (κ1) is 17.5. The first-order valence-corrected chi connectivity index (χ1v) is 9.12. The Hall–Kier alpha value is -0.590. The zero-order chi connectivity index (χ0) is 15.0. The summed E-state index contributed by atoms with van der Waals surface area (Å²) in [5.74, 6) is 0.413. The molecule has 7 heteroatoms. The molecule has 0 radical (unpaired) electrons. The van der Waals surface area contributed by atoms with E-state index in [1.165, 1.54) is 6.20 Å². The second-order valence-electron chi connectivity index (χ2n) is 4.74. The Balaban J connectivity index is 2.88. The second-order valence-corrected chi connectivity index (χ2v) is 7.06. The third-order valence-corrected chi connectivity index (χ3v) is 5.10. The maximum absolute atomic E-state index is 12.6. The van der Waals surface area contributed by atoms with Crippen LogP contribution in [0.15, 0.2) is 17.3 Å². The summed E-state index contributed by atoms with van der Waals surface area (Å²) in [4.78, 5) is 0.259. The quantitative estimate of drug-likeness (QED) is 0.623. The molecule has 1 aromatic heterocycles. The van der Waals surface area contributed by atoms with Crippen LogP contribution in [0.1, 0.15) is 39.5 Å². The largest absolute Gasteiger partial charge is 0.270 e. The molecule has 116 valence electrons. The van der Waals surface area contributed by atoms with Gasteiger partial charge in [0, 0.05) is 25.2 Å². The van der Waals surface area contributed by atoms with E-state index in [1.54, 1.807) is 15.2 Å². The molecule has 20 heavy (non-hydrogen) atoms. The highest BCUT2D eigenvalue weighted by atomic mass is 35.5. The molecular formula is C13H24ClN3O2S. The van der Waals surface area contributed by atoms with Gasteiger partial charge in [-0.3, -0.25) is 4.68 Å². The van der Waals surface area contributed by atoms with Gasteiger partial charge in [0.15, 0.2) is 0 Å². The van der Waals surface area contributed by atoms with E-state index >= 15 is 0 Å². The summed E-state index contributed by atoms with van der Waals surface area (Å²) in [7, 11) is -3.44. The van der Waals surface area contributed by atoms with Gasteiger partial charge in [-0.2, -0.15) is 9.40 Å². The number of hydrogen-bond donors (Lipinski definition) is 0. The van der Waals surface area contributed by atoms with Crippen LogP contribution in [-0.2, 0) is 16.6 Å². The van der Waals surface area contributed by atoms with E-state index in [0.717, 1.165) is 25.7 Å². The number of alkyl halides is 1. The van der Waals surface area contributed by atoms with E-state index < -0.39 is 10.0 Å². The Kier molecular flexibility index (Phi) is 7.55. The Labute approximate surface area is 127 Å². The first-order chi connectivity index (χ1) is 9.56. The summed E-state index contributed by atoms with van der Waals surface area (Å²) in [6.07, 6.45) is 6.67. The van der Waals surface area contributed by atoms with E-state index in [2.05, 4.69) is 18.9 Å². The molecule has 0 aliphatic heterocycles. The van der Waals surface area contributed by atoms with E-state index in [1.807, 2.05) is 0 Å². The molecule has 0 amide bonds. The molecule has 0 aliphatic rings. The van der Waals surface area contributed by atoms with Gasteiger partial charge >= 0.3 is 0 Å². The fraction of sp³-hybridized carbons (Fsp3) is 0.769. The number of aryl methyl sites for hydroxylation is 1. The molecule has 0 fully saturated rings. The Morgan fingerprint density at radius 3 is 2.35 bits per heavy atom. The lowest BCUT2D eigenvalue weighted by atomic mass is 10.3. The van der Waals surface area contributed by atoms with Crippen LogP contribution in [0.4, 0.5) is 0 Å². The first-order valence-electron chi connectivity index (χ1n) is 7.14. The van der Waals surface area contributed by atoms with Gasteiger partial charge in [-0.1, -0.05) is 26.7 Å². The highest BCUT2D eigenvalue weighted by Gasteiger charge is 2.24. The zero-order valence-corrected chi connectivity index (χ0v) is 13.8. The maximum Gasteiger partial charge on any atom is 0.246 e. The SMILES string of the molecule is CCCCN(CCCC)S(=O)(=O)c1cnn(CCCl)c1. The standard InChI is InChI=1S/C13H24ClN3O2S/c1-3-5-8-17(9-6-4-2)20(18,19)13-11-15-16(12-13)10-7-14/h11-12H,3-10H2,1-2H3. The van der Waals surface area contributed by atoms with Crippen molar-refractivity contribution < 1.29 is 8.42 Å². The van der Waals surface area contributed by atoms with Crippen LogP contribution in [-0.4, -0.2) is 41.5 Å². The molecule has 0 saturated carbocycles. The van der Waals surface area contributed by atoms with Crippen LogP contribution < -0.4 is 0 Å². The summed E-state index contributed by atoms with van der Waals surface area (Å²) in [5, 5.41) is 4.04. The number of nitrogens with zero attached hydrogens (tertiary/aromatic N) is 3. The highest BCUT2D eigenvalue weighted by molar-refractivity contribution is 7.89. The third-order valence-electron chi connectivity index (χ3n) is 3.08. The van der Waals surface area contributed by atoms with Crippen LogP contribution in [0.5, 0.6) is 0 Å². The van der Waals surface area contributed by atoms with Crippen LogP contribution in [0, 0.1) is 0 Å². The second kappa shape index (κ2) is 8.64. The lowest BCUT2D eigenvalue weighted by Gasteiger charge is -2.20. The van der Waals surface area contributed by atoms with Crippen LogP contribution >= 0.6 is 11.6 Å². The topological polar surface area (TPSA) is 55.2 Å². The lowest BCUT2D eigenvalue weighted by molar-refractivity contribution is 0.395. The van der Waals surface area contributed by atoms with E-state index in [-0.39, 0.29) is 4.90 Å². The molecule has 0 unspecified atom stereocenters.